The molecule has 0 bridgehead atoms. The number of rotatable bonds is 3. The molecule has 0 fully saturated rings. The average Bonchev–Trinajstić information content (AvgIpc) is 2.54. The number of benzene rings is 1. The third-order valence-electron chi connectivity index (χ3n) is 4.54. The highest BCUT2D eigenvalue weighted by Crippen LogP contribution is 2.44. The second kappa shape index (κ2) is 7.22. The molecule has 1 aromatic carbocycles. The summed E-state index contributed by atoms with van der Waals surface area (Å²) in [4.78, 5) is 25.3. The minimum atomic E-state index is -0.534. The second-order valence-electron chi connectivity index (χ2n) is 6.15. The lowest BCUT2D eigenvalue weighted by Gasteiger charge is -2.34. The van der Waals surface area contributed by atoms with Crippen LogP contribution in [0.25, 0.3) is 0 Å². The molecule has 6 heteroatoms. The van der Waals surface area contributed by atoms with Crippen molar-refractivity contribution >= 4 is 35.0 Å². The summed E-state index contributed by atoms with van der Waals surface area (Å²) >= 11 is 12.4. The van der Waals surface area contributed by atoms with Gasteiger partial charge in [0.05, 0.1) is 12.2 Å². The summed E-state index contributed by atoms with van der Waals surface area (Å²) < 4.78 is 5.24. The van der Waals surface area contributed by atoms with Crippen LogP contribution in [0.3, 0.4) is 0 Å². The Morgan fingerprint density at radius 3 is 2.76 bits per heavy atom. The number of hydrogen-bond acceptors (Lipinski definition) is 4. The number of dihydropyridines is 1. The molecule has 1 aliphatic heterocycles. The van der Waals surface area contributed by atoms with Gasteiger partial charge in [0.1, 0.15) is 0 Å². The summed E-state index contributed by atoms with van der Waals surface area (Å²) in [7, 11) is 0. The summed E-state index contributed by atoms with van der Waals surface area (Å²) in [5.41, 5.74) is 3.31. The fourth-order valence-corrected chi connectivity index (χ4v) is 4.03. The van der Waals surface area contributed by atoms with E-state index in [2.05, 4.69) is 5.32 Å². The number of ketones is 1. The zero-order chi connectivity index (χ0) is 18.1. The van der Waals surface area contributed by atoms with Crippen molar-refractivity contribution in [3.8, 4) is 0 Å². The Labute approximate surface area is 156 Å². The molecule has 0 amide bonds. The van der Waals surface area contributed by atoms with Gasteiger partial charge in [-0.2, -0.15) is 0 Å². The zero-order valence-corrected chi connectivity index (χ0v) is 15.6. The molecule has 4 nitrogen and oxygen atoms in total. The van der Waals surface area contributed by atoms with E-state index in [1.165, 1.54) is 0 Å². The molecule has 1 N–H and O–H groups in total. The Balaban J connectivity index is 2.20. The molecule has 3 rings (SSSR count). The van der Waals surface area contributed by atoms with Crippen LogP contribution in [-0.4, -0.2) is 18.4 Å². The number of esters is 1. The Kier molecular flexibility index (Phi) is 5.21. The maximum absolute atomic E-state index is 12.7. The molecular formula is C19H19Cl2NO3. The smallest absolute Gasteiger partial charge is 0.336 e. The number of ether oxygens (including phenoxy) is 1. The van der Waals surface area contributed by atoms with E-state index in [1.807, 2.05) is 6.92 Å². The summed E-state index contributed by atoms with van der Waals surface area (Å²) in [5, 5.41) is 4.17. The maximum atomic E-state index is 12.7. The number of carbonyl (C=O) groups is 2. The lowest BCUT2D eigenvalue weighted by Crippen LogP contribution is -2.34. The van der Waals surface area contributed by atoms with Crippen LogP contribution >= 0.6 is 23.2 Å². The number of Topliss-reactive ketones (excluding diaryl/α,β-unsaturated/α-hetero) is 1. The van der Waals surface area contributed by atoms with Gasteiger partial charge in [-0.3, -0.25) is 4.79 Å². The average molecular weight is 380 g/mol. The highest BCUT2D eigenvalue weighted by Gasteiger charge is 2.39. The van der Waals surface area contributed by atoms with Gasteiger partial charge in [0.25, 0.3) is 0 Å². The SMILES string of the molecule is CCOC(=O)C1=C(C)NC2=C(C(=O)CCC2)C1c1ccc(Cl)cc1Cl. The predicted octanol–water partition coefficient (Wildman–Crippen LogP) is 4.52. The Morgan fingerprint density at radius 2 is 2.08 bits per heavy atom. The van der Waals surface area contributed by atoms with E-state index in [1.54, 1.807) is 25.1 Å². The van der Waals surface area contributed by atoms with E-state index in [4.69, 9.17) is 27.9 Å². The van der Waals surface area contributed by atoms with Crippen LogP contribution in [0.15, 0.2) is 40.7 Å². The summed E-state index contributed by atoms with van der Waals surface area (Å²) in [6.07, 6.45) is 2.04. The second-order valence-corrected chi connectivity index (χ2v) is 7.00. The van der Waals surface area contributed by atoms with Crippen molar-refractivity contribution in [2.75, 3.05) is 6.61 Å². The fraction of sp³-hybridized carbons (Fsp3) is 0.368. The molecule has 1 unspecified atom stereocenters. The summed E-state index contributed by atoms with van der Waals surface area (Å²) in [6.45, 7) is 3.84. The van der Waals surface area contributed by atoms with Gasteiger partial charge in [0.2, 0.25) is 0 Å². The Hall–Kier alpha value is -1.78. The Morgan fingerprint density at radius 1 is 1.32 bits per heavy atom. The zero-order valence-electron chi connectivity index (χ0n) is 14.1. The van der Waals surface area contributed by atoms with Gasteiger partial charge >= 0.3 is 5.97 Å². The maximum Gasteiger partial charge on any atom is 0.336 e. The molecule has 2 aliphatic rings. The van der Waals surface area contributed by atoms with E-state index >= 15 is 0 Å². The molecular weight excluding hydrogens is 361 g/mol. The largest absolute Gasteiger partial charge is 0.463 e. The first-order valence-electron chi connectivity index (χ1n) is 8.30. The first-order valence-corrected chi connectivity index (χ1v) is 9.05. The number of nitrogens with one attached hydrogen (secondary N) is 1. The third kappa shape index (κ3) is 3.33. The van der Waals surface area contributed by atoms with Gasteiger partial charge in [0, 0.05) is 39.4 Å². The molecule has 25 heavy (non-hydrogen) atoms. The van der Waals surface area contributed by atoms with Crippen molar-refractivity contribution in [1.29, 1.82) is 0 Å². The summed E-state index contributed by atoms with van der Waals surface area (Å²) in [6, 6.07) is 5.13. The molecule has 0 saturated heterocycles. The van der Waals surface area contributed by atoms with Crippen LogP contribution in [0, 0.1) is 0 Å². The van der Waals surface area contributed by atoms with Crippen LogP contribution in [0.2, 0.25) is 10.0 Å². The molecule has 1 heterocycles. The predicted molar refractivity (Wildman–Crippen MR) is 97.6 cm³/mol. The molecule has 1 atom stereocenters. The van der Waals surface area contributed by atoms with Crippen LogP contribution < -0.4 is 5.32 Å². The van der Waals surface area contributed by atoms with Gasteiger partial charge in [-0.05, 0) is 44.4 Å². The molecule has 0 aromatic heterocycles. The number of hydrogen-bond donors (Lipinski definition) is 1. The van der Waals surface area contributed by atoms with Crippen molar-refractivity contribution in [2.45, 2.75) is 39.0 Å². The number of carbonyl (C=O) groups excluding carboxylic acids is 2. The summed E-state index contributed by atoms with van der Waals surface area (Å²) in [5.74, 6) is -0.930. The number of allylic oxidation sites excluding steroid dienone is 3. The quantitative estimate of drug-likeness (QED) is 0.784. The normalized spacial score (nSPS) is 20.3. The van der Waals surface area contributed by atoms with Gasteiger partial charge in [0.15, 0.2) is 5.78 Å². The van der Waals surface area contributed by atoms with Crippen molar-refractivity contribution in [3.63, 3.8) is 0 Å². The van der Waals surface area contributed by atoms with Gasteiger partial charge in [-0.15, -0.1) is 0 Å². The standard InChI is InChI=1S/C19H19Cl2NO3/c1-3-25-19(24)16-10(2)22-14-5-4-6-15(23)18(14)17(16)12-8-7-11(20)9-13(12)21/h7-9,17,22H,3-6H2,1-2H3. The van der Waals surface area contributed by atoms with Gasteiger partial charge in [-0.1, -0.05) is 29.3 Å². The van der Waals surface area contributed by atoms with E-state index < -0.39 is 11.9 Å². The van der Waals surface area contributed by atoms with E-state index in [9.17, 15) is 9.59 Å². The van der Waals surface area contributed by atoms with Crippen LogP contribution in [0.4, 0.5) is 0 Å². The molecule has 132 valence electrons. The Bertz CT molecular complexity index is 811. The van der Waals surface area contributed by atoms with E-state index in [0.717, 1.165) is 18.5 Å². The highest BCUT2D eigenvalue weighted by molar-refractivity contribution is 6.35. The lowest BCUT2D eigenvalue weighted by atomic mass is 9.75. The van der Waals surface area contributed by atoms with Gasteiger partial charge in [-0.25, -0.2) is 4.79 Å². The van der Waals surface area contributed by atoms with E-state index in [0.29, 0.717) is 38.9 Å². The molecule has 1 aromatic rings. The highest BCUT2D eigenvalue weighted by atomic mass is 35.5. The fourth-order valence-electron chi connectivity index (χ4n) is 3.51. The third-order valence-corrected chi connectivity index (χ3v) is 5.11. The monoisotopic (exact) mass is 379 g/mol. The van der Waals surface area contributed by atoms with Crippen molar-refractivity contribution in [3.05, 3.63) is 56.3 Å². The van der Waals surface area contributed by atoms with Crippen LogP contribution in [0.1, 0.15) is 44.6 Å². The van der Waals surface area contributed by atoms with Crippen molar-refractivity contribution < 1.29 is 14.3 Å². The van der Waals surface area contributed by atoms with E-state index in [-0.39, 0.29) is 12.4 Å². The first-order chi connectivity index (χ1) is 11.9. The van der Waals surface area contributed by atoms with Gasteiger partial charge < -0.3 is 10.1 Å². The van der Waals surface area contributed by atoms with Crippen molar-refractivity contribution in [2.24, 2.45) is 0 Å². The van der Waals surface area contributed by atoms with Crippen LogP contribution in [0.5, 0.6) is 0 Å². The molecule has 0 radical (unpaired) electrons. The topological polar surface area (TPSA) is 55.4 Å². The number of halogens is 2. The van der Waals surface area contributed by atoms with Crippen molar-refractivity contribution in [1.82, 2.24) is 5.32 Å². The molecule has 0 spiro atoms. The van der Waals surface area contributed by atoms with Crippen LogP contribution in [-0.2, 0) is 14.3 Å². The minimum Gasteiger partial charge on any atom is -0.463 e. The molecule has 1 aliphatic carbocycles. The molecule has 0 saturated carbocycles. The minimum absolute atomic E-state index is 0.0408. The first kappa shape index (κ1) is 18.0. The lowest BCUT2D eigenvalue weighted by molar-refractivity contribution is -0.138.